The second-order valence-electron chi connectivity index (χ2n) is 6.01. The number of fused-ring (bicyclic) bond motifs is 1. The van der Waals surface area contributed by atoms with Gasteiger partial charge in [-0.05, 0) is 47.2 Å². The number of nitrogens with two attached hydrogens (primary N) is 2. The predicted molar refractivity (Wildman–Crippen MR) is 81.7 cm³/mol. The lowest BCUT2D eigenvalue weighted by atomic mass is 9.54. The summed E-state index contributed by atoms with van der Waals surface area (Å²) in [6, 6.07) is 17.7. The molecule has 0 saturated carbocycles. The van der Waals surface area contributed by atoms with Gasteiger partial charge >= 0.3 is 0 Å². The second kappa shape index (κ2) is 4.44. The van der Waals surface area contributed by atoms with Crippen LogP contribution in [-0.2, 0) is 0 Å². The monoisotopic (exact) mass is 264 g/mol. The molecule has 4 N–H and O–H groups in total. The molecule has 5 rings (SSSR count). The van der Waals surface area contributed by atoms with Crippen molar-refractivity contribution in [2.75, 3.05) is 13.1 Å². The van der Waals surface area contributed by atoms with Gasteiger partial charge in [-0.3, -0.25) is 0 Å². The molecule has 20 heavy (non-hydrogen) atoms. The molecule has 2 bridgehead atoms. The molecule has 0 heterocycles. The van der Waals surface area contributed by atoms with E-state index in [2.05, 4.69) is 48.5 Å². The van der Waals surface area contributed by atoms with Crippen LogP contribution in [0, 0.1) is 11.8 Å². The molecule has 2 aromatic rings. The number of benzene rings is 2. The molecule has 0 radical (unpaired) electrons. The minimum atomic E-state index is 0.422. The molecule has 0 spiro atoms. The Kier molecular flexibility index (Phi) is 2.69. The Labute approximate surface area is 119 Å². The normalized spacial score (nSPS) is 29.9. The minimum Gasteiger partial charge on any atom is -0.330 e. The zero-order valence-electron chi connectivity index (χ0n) is 11.5. The molecule has 2 heteroatoms. The van der Waals surface area contributed by atoms with Gasteiger partial charge in [0.1, 0.15) is 0 Å². The lowest BCUT2D eigenvalue weighted by Gasteiger charge is -2.50. The first kappa shape index (κ1) is 12.1. The third-order valence-electron chi connectivity index (χ3n) is 5.28. The topological polar surface area (TPSA) is 52.0 Å². The van der Waals surface area contributed by atoms with Gasteiger partial charge in [0.05, 0.1) is 0 Å². The van der Waals surface area contributed by atoms with E-state index < -0.39 is 0 Å². The van der Waals surface area contributed by atoms with E-state index in [1.54, 1.807) is 0 Å². The summed E-state index contributed by atoms with van der Waals surface area (Å²) in [7, 11) is 0. The standard InChI is InChI=1S/C18H20N2/c19-9-15-16(10-20)18-12-6-2-1-5-11(12)17(15)13-7-3-4-8-14(13)18/h1-8,15-18H,9-10,19-20H2/t15-,16-,17?,18?/m0/s1. The van der Waals surface area contributed by atoms with Crippen LogP contribution in [0.3, 0.4) is 0 Å². The van der Waals surface area contributed by atoms with Crippen LogP contribution in [0.15, 0.2) is 48.5 Å². The highest BCUT2D eigenvalue weighted by molar-refractivity contribution is 5.56. The second-order valence-corrected chi connectivity index (χ2v) is 6.01. The quantitative estimate of drug-likeness (QED) is 0.875. The van der Waals surface area contributed by atoms with Gasteiger partial charge in [-0.2, -0.15) is 0 Å². The predicted octanol–water partition coefficient (Wildman–Crippen LogP) is 2.43. The number of hydrogen-bond donors (Lipinski definition) is 2. The van der Waals surface area contributed by atoms with E-state index in [4.69, 9.17) is 11.5 Å². The van der Waals surface area contributed by atoms with Crippen LogP contribution < -0.4 is 11.5 Å². The smallest absolute Gasteiger partial charge is 0.0139 e. The SMILES string of the molecule is NC[C@@H]1C2c3ccccc3C(c3ccccc32)[C@H]1CN. The van der Waals surface area contributed by atoms with Gasteiger partial charge < -0.3 is 11.5 Å². The number of rotatable bonds is 2. The molecule has 2 aromatic carbocycles. The fourth-order valence-corrected chi connectivity index (χ4v) is 4.53. The van der Waals surface area contributed by atoms with Crippen LogP contribution in [0.25, 0.3) is 0 Å². The first-order chi connectivity index (χ1) is 9.86. The van der Waals surface area contributed by atoms with Crippen LogP contribution in [0.1, 0.15) is 34.1 Å². The summed E-state index contributed by atoms with van der Waals surface area (Å²) in [4.78, 5) is 0. The maximum absolute atomic E-state index is 6.11. The van der Waals surface area contributed by atoms with E-state index in [0.29, 0.717) is 36.8 Å². The molecule has 0 aliphatic heterocycles. The van der Waals surface area contributed by atoms with Crippen LogP contribution >= 0.6 is 0 Å². The van der Waals surface area contributed by atoms with Crippen LogP contribution in [0.4, 0.5) is 0 Å². The van der Waals surface area contributed by atoms with E-state index in [9.17, 15) is 0 Å². The summed E-state index contributed by atoms with van der Waals surface area (Å²) >= 11 is 0. The molecule has 0 saturated heterocycles. The van der Waals surface area contributed by atoms with E-state index >= 15 is 0 Å². The first-order valence-electron chi connectivity index (χ1n) is 7.44. The van der Waals surface area contributed by atoms with Crippen molar-refractivity contribution in [3.63, 3.8) is 0 Å². The van der Waals surface area contributed by atoms with Crippen molar-refractivity contribution in [3.05, 3.63) is 70.8 Å². The van der Waals surface area contributed by atoms with E-state index in [1.807, 2.05) is 0 Å². The largest absolute Gasteiger partial charge is 0.330 e. The van der Waals surface area contributed by atoms with Gasteiger partial charge in [0, 0.05) is 11.8 Å². The maximum Gasteiger partial charge on any atom is 0.0139 e. The molecule has 0 unspecified atom stereocenters. The average Bonchev–Trinajstić information content (AvgIpc) is 2.53. The van der Waals surface area contributed by atoms with Crippen LogP contribution in [0.5, 0.6) is 0 Å². The Bertz CT molecular complexity index is 546. The van der Waals surface area contributed by atoms with E-state index in [1.165, 1.54) is 22.3 Å². The third kappa shape index (κ3) is 1.41. The van der Waals surface area contributed by atoms with Gasteiger partial charge in [0.25, 0.3) is 0 Å². The van der Waals surface area contributed by atoms with Gasteiger partial charge in [0.2, 0.25) is 0 Å². The van der Waals surface area contributed by atoms with Gasteiger partial charge in [0.15, 0.2) is 0 Å². The van der Waals surface area contributed by atoms with Gasteiger partial charge in [-0.1, -0.05) is 48.5 Å². The lowest BCUT2D eigenvalue weighted by Crippen LogP contribution is -2.46. The zero-order valence-corrected chi connectivity index (χ0v) is 11.5. The van der Waals surface area contributed by atoms with Gasteiger partial charge in [-0.25, -0.2) is 0 Å². The van der Waals surface area contributed by atoms with Crippen molar-refractivity contribution in [1.82, 2.24) is 0 Å². The van der Waals surface area contributed by atoms with Crippen LogP contribution in [0.2, 0.25) is 0 Å². The van der Waals surface area contributed by atoms with Crippen molar-refractivity contribution >= 4 is 0 Å². The fraction of sp³-hybridized carbons (Fsp3) is 0.333. The van der Waals surface area contributed by atoms with E-state index in [-0.39, 0.29) is 0 Å². The number of hydrogen-bond acceptors (Lipinski definition) is 2. The first-order valence-corrected chi connectivity index (χ1v) is 7.44. The summed E-state index contributed by atoms with van der Waals surface area (Å²) in [5.74, 6) is 1.78. The molecular formula is C18H20N2. The molecule has 0 fully saturated rings. The molecule has 3 aliphatic carbocycles. The van der Waals surface area contributed by atoms with Crippen molar-refractivity contribution in [1.29, 1.82) is 0 Å². The fourth-order valence-electron chi connectivity index (χ4n) is 4.53. The maximum atomic E-state index is 6.11. The summed E-state index contributed by atoms with van der Waals surface area (Å²) in [5, 5.41) is 0. The average molecular weight is 264 g/mol. The molecule has 102 valence electrons. The molecule has 0 aromatic heterocycles. The Balaban J connectivity index is 2.01. The highest BCUT2D eigenvalue weighted by Gasteiger charge is 2.48. The molecule has 2 atom stereocenters. The Morgan fingerprint density at radius 1 is 0.600 bits per heavy atom. The van der Waals surface area contributed by atoms with E-state index in [0.717, 1.165) is 0 Å². The Morgan fingerprint density at radius 2 is 0.900 bits per heavy atom. The Hall–Kier alpha value is -1.64. The summed E-state index contributed by atoms with van der Waals surface area (Å²) in [5.41, 5.74) is 18.1. The highest BCUT2D eigenvalue weighted by Crippen LogP contribution is 2.57. The summed E-state index contributed by atoms with van der Waals surface area (Å²) in [6.07, 6.45) is 0. The molecule has 2 nitrogen and oxygen atoms in total. The lowest BCUT2D eigenvalue weighted by molar-refractivity contribution is 0.243. The Morgan fingerprint density at radius 3 is 1.15 bits per heavy atom. The van der Waals surface area contributed by atoms with Crippen molar-refractivity contribution in [3.8, 4) is 0 Å². The van der Waals surface area contributed by atoms with Crippen molar-refractivity contribution in [2.45, 2.75) is 11.8 Å². The minimum absolute atomic E-state index is 0.422. The third-order valence-corrected chi connectivity index (χ3v) is 5.28. The van der Waals surface area contributed by atoms with Crippen molar-refractivity contribution < 1.29 is 0 Å². The molecular weight excluding hydrogens is 244 g/mol. The summed E-state index contributed by atoms with van der Waals surface area (Å²) < 4.78 is 0. The highest BCUT2D eigenvalue weighted by atomic mass is 14.7. The molecule has 3 aliphatic rings. The zero-order chi connectivity index (χ0) is 13.7. The summed E-state index contributed by atoms with van der Waals surface area (Å²) in [6.45, 7) is 1.43. The van der Waals surface area contributed by atoms with Crippen LogP contribution in [-0.4, -0.2) is 13.1 Å². The van der Waals surface area contributed by atoms with Gasteiger partial charge in [-0.15, -0.1) is 0 Å². The van der Waals surface area contributed by atoms with Crippen molar-refractivity contribution in [2.24, 2.45) is 23.3 Å². The molecule has 0 amide bonds.